The molecule has 0 saturated carbocycles. The van der Waals surface area contributed by atoms with Crippen LogP contribution in [0.1, 0.15) is 92.1 Å². The van der Waals surface area contributed by atoms with Crippen molar-refractivity contribution < 1.29 is 48.0 Å². The number of hydrogen-bond donors (Lipinski definition) is 1. The second kappa shape index (κ2) is 12.6. The van der Waals surface area contributed by atoms with Gasteiger partial charge in [-0.15, -0.1) is 0 Å². The molecule has 0 aromatic rings. The molecular weight excluding hydrogens is 568 g/mol. The summed E-state index contributed by atoms with van der Waals surface area (Å²) in [6.07, 6.45) is 0. The van der Waals surface area contributed by atoms with Gasteiger partial charge in [-0.2, -0.15) is 0 Å². The molecule has 0 atom stereocenters. The predicted molar refractivity (Wildman–Crippen MR) is 161 cm³/mol. The Morgan fingerprint density at radius 1 is 0.591 bits per heavy atom. The van der Waals surface area contributed by atoms with E-state index in [1.165, 1.54) is 26.4 Å². The average Bonchev–Trinajstić information content (AvgIpc) is 3.23. The van der Waals surface area contributed by atoms with Gasteiger partial charge in [-0.05, 0) is 47.2 Å². The van der Waals surface area contributed by atoms with E-state index < -0.39 is 29.6 Å². The summed E-state index contributed by atoms with van der Waals surface area (Å²) in [6.45, 7) is 7.75. The standard InChI is InChI=1S/C34H34O10/c1-16(2)18-10-9-11-19-22(14-18)28(34(39)43-8)30(27(19)33(38)42-7)44-24-13-12-20-23(15-21(24)17(3)4)26(32(37)41-6)29(35)25(20)31(36)40-5/h9-17,35H,1-8H3. The van der Waals surface area contributed by atoms with Crippen molar-refractivity contribution in [3.63, 3.8) is 0 Å². The fourth-order valence-electron chi connectivity index (χ4n) is 5.23. The van der Waals surface area contributed by atoms with Crippen LogP contribution in [0.2, 0.25) is 0 Å². The number of aromatic hydroxyl groups is 1. The normalized spacial score (nSPS) is 11.1. The fourth-order valence-corrected chi connectivity index (χ4v) is 5.23. The highest BCUT2D eigenvalue weighted by Crippen LogP contribution is 2.48. The molecule has 230 valence electrons. The molecule has 0 saturated heterocycles. The monoisotopic (exact) mass is 602 g/mol. The molecule has 0 aromatic heterocycles. The summed E-state index contributed by atoms with van der Waals surface area (Å²) < 4.78 is 26.5. The summed E-state index contributed by atoms with van der Waals surface area (Å²) in [5, 5.41) is 10.9. The Balaban J connectivity index is 2.12. The highest BCUT2D eigenvalue weighted by Gasteiger charge is 2.36. The molecule has 0 bridgehead atoms. The summed E-state index contributed by atoms with van der Waals surface area (Å²) in [5.41, 5.74) is 2.34. The van der Waals surface area contributed by atoms with Crippen LogP contribution in [0, 0.1) is 0 Å². The van der Waals surface area contributed by atoms with Gasteiger partial charge in [-0.3, -0.25) is 0 Å². The first kappa shape index (κ1) is 31.8. The molecule has 0 fully saturated rings. The number of fused-ring (bicyclic) bond motifs is 2. The van der Waals surface area contributed by atoms with E-state index in [-0.39, 0.29) is 56.7 Å². The SMILES string of the molecule is COC(=O)c1c2ccc(Oc3c(C(=O)OC)c4cccc(C(C)C)cc-4c3C(=O)OC)c(C(C)C)cc-2c(C(=O)OC)c1O. The van der Waals surface area contributed by atoms with Crippen LogP contribution in [0.4, 0.5) is 0 Å². The second-order valence-electron chi connectivity index (χ2n) is 10.7. The Kier molecular flexibility index (Phi) is 9.13. The quantitative estimate of drug-likeness (QED) is 0.170. The van der Waals surface area contributed by atoms with Gasteiger partial charge in [0.2, 0.25) is 0 Å². The molecule has 0 spiro atoms. The molecule has 44 heavy (non-hydrogen) atoms. The van der Waals surface area contributed by atoms with Gasteiger partial charge in [0, 0.05) is 22.3 Å². The molecule has 0 aliphatic heterocycles. The second-order valence-corrected chi connectivity index (χ2v) is 10.7. The van der Waals surface area contributed by atoms with Crippen LogP contribution in [-0.4, -0.2) is 57.4 Å². The Hall–Kier alpha value is -5.12. The first-order valence-electron chi connectivity index (χ1n) is 13.8. The Labute approximate surface area is 255 Å². The lowest BCUT2D eigenvalue weighted by Gasteiger charge is -2.14. The minimum absolute atomic E-state index is 0.0251. The molecule has 0 radical (unpaired) electrons. The third kappa shape index (κ3) is 5.39. The molecule has 0 heterocycles. The number of esters is 4. The zero-order valence-electron chi connectivity index (χ0n) is 25.8. The van der Waals surface area contributed by atoms with Gasteiger partial charge < -0.3 is 28.8 Å². The van der Waals surface area contributed by atoms with E-state index in [1.54, 1.807) is 18.2 Å². The summed E-state index contributed by atoms with van der Waals surface area (Å²) >= 11 is 0. The van der Waals surface area contributed by atoms with E-state index in [4.69, 9.17) is 23.7 Å². The van der Waals surface area contributed by atoms with E-state index in [0.717, 1.165) is 19.8 Å². The van der Waals surface area contributed by atoms with Crippen molar-refractivity contribution in [1.82, 2.24) is 0 Å². The van der Waals surface area contributed by atoms with Gasteiger partial charge in [-0.1, -0.05) is 45.9 Å². The predicted octanol–water partition coefficient (Wildman–Crippen LogP) is 6.79. The number of methoxy groups -OCH3 is 4. The number of ether oxygens (including phenoxy) is 5. The van der Waals surface area contributed by atoms with Gasteiger partial charge in [0.1, 0.15) is 33.8 Å². The van der Waals surface area contributed by atoms with E-state index in [0.29, 0.717) is 16.7 Å². The van der Waals surface area contributed by atoms with Crippen molar-refractivity contribution in [2.24, 2.45) is 0 Å². The van der Waals surface area contributed by atoms with Crippen molar-refractivity contribution in [2.75, 3.05) is 28.4 Å². The third-order valence-electron chi connectivity index (χ3n) is 7.49. The molecule has 10 heteroatoms. The van der Waals surface area contributed by atoms with Crippen LogP contribution in [0.5, 0.6) is 17.2 Å². The van der Waals surface area contributed by atoms with Crippen molar-refractivity contribution in [1.29, 1.82) is 0 Å². The number of hydrogen-bond acceptors (Lipinski definition) is 10. The zero-order valence-corrected chi connectivity index (χ0v) is 25.8. The number of carbonyl (C=O) groups is 4. The average molecular weight is 603 g/mol. The Bertz CT molecular complexity index is 1720. The first-order valence-corrected chi connectivity index (χ1v) is 13.8. The maximum absolute atomic E-state index is 13.3. The lowest BCUT2D eigenvalue weighted by molar-refractivity contribution is 0.0579. The van der Waals surface area contributed by atoms with E-state index in [9.17, 15) is 24.3 Å². The topological polar surface area (TPSA) is 135 Å². The minimum atomic E-state index is -0.862. The smallest absolute Gasteiger partial charge is 0.342 e. The molecular formula is C34H34O10. The maximum Gasteiger partial charge on any atom is 0.342 e. The van der Waals surface area contributed by atoms with Crippen molar-refractivity contribution in [3.05, 3.63) is 75.8 Å². The Morgan fingerprint density at radius 2 is 1.07 bits per heavy atom. The van der Waals surface area contributed by atoms with Gasteiger partial charge in [0.05, 0.1) is 28.4 Å². The van der Waals surface area contributed by atoms with E-state index in [1.807, 2.05) is 39.8 Å². The molecule has 0 aromatic carbocycles. The summed E-state index contributed by atoms with van der Waals surface area (Å²) in [4.78, 5) is 52.1. The van der Waals surface area contributed by atoms with Gasteiger partial charge in [0.25, 0.3) is 0 Å². The molecule has 4 aliphatic rings. The molecule has 0 unspecified atom stereocenters. The maximum atomic E-state index is 13.3. The van der Waals surface area contributed by atoms with E-state index in [2.05, 4.69) is 0 Å². The summed E-state index contributed by atoms with van der Waals surface area (Å²) in [6, 6.07) is 11.8. The number of carbonyl (C=O) groups excluding carboxylic acids is 4. The number of rotatable bonds is 8. The van der Waals surface area contributed by atoms with Crippen molar-refractivity contribution in [3.8, 4) is 39.5 Å². The van der Waals surface area contributed by atoms with Crippen LogP contribution in [0.3, 0.4) is 0 Å². The van der Waals surface area contributed by atoms with Crippen LogP contribution in [0.25, 0.3) is 22.3 Å². The third-order valence-corrected chi connectivity index (χ3v) is 7.49. The summed E-state index contributed by atoms with van der Waals surface area (Å²) in [5.74, 6) is -3.75. The van der Waals surface area contributed by atoms with Crippen molar-refractivity contribution >= 4 is 23.9 Å². The minimum Gasteiger partial charge on any atom is -0.506 e. The molecule has 1 N–H and O–H groups in total. The fraction of sp³-hybridized carbons (Fsp3) is 0.294. The van der Waals surface area contributed by atoms with Crippen LogP contribution < -0.4 is 4.74 Å². The first-order chi connectivity index (χ1) is 20.9. The van der Waals surface area contributed by atoms with Gasteiger partial charge >= 0.3 is 23.9 Å². The van der Waals surface area contributed by atoms with E-state index >= 15 is 0 Å². The van der Waals surface area contributed by atoms with Crippen LogP contribution >= 0.6 is 0 Å². The lowest BCUT2D eigenvalue weighted by atomic mass is 10.0. The molecule has 0 amide bonds. The Morgan fingerprint density at radius 3 is 1.59 bits per heavy atom. The lowest BCUT2D eigenvalue weighted by Crippen LogP contribution is -2.06. The van der Waals surface area contributed by atoms with Crippen molar-refractivity contribution in [2.45, 2.75) is 39.5 Å². The van der Waals surface area contributed by atoms with Gasteiger partial charge in [0.15, 0.2) is 5.75 Å². The highest BCUT2D eigenvalue weighted by molar-refractivity contribution is 6.13. The largest absolute Gasteiger partial charge is 0.506 e. The highest BCUT2D eigenvalue weighted by atomic mass is 16.5. The zero-order chi connectivity index (χ0) is 32.5. The summed E-state index contributed by atoms with van der Waals surface area (Å²) in [7, 11) is 4.78. The molecule has 10 nitrogen and oxygen atoms in total. The molecule has 4 aliphatic carbocycles. The van der Waals surface area contributed by atoms with Crippen LogP contribution in [-0.2, 0) is 18.9 Å². The molecule has 4 rings (SSSR count). The van der Waals surface area contributed by atoms with Gasteiger partial charge in [-0.25, -0.2) is 19.2 Å². The van der Waals surface area contributed by atoms with Crippen LogP contribution in [0.15, 0.2) is 42.5 Å².